The lowest BCUT2D eigenvalue weighted by molar-refractivity contribution is -0.143. The molecule has 23 heavy (non-hydrogen) atoms. The second-order valence-electron chi connectivity index (χ2n) is 5.90. The summed E-state index contributed by atoms with van der Waals surface area (Å²) in [6.45, 7) is 2.76. The van der Waals surface area contributed by atoms with Gasteiger partial charge in [0.2, 0.25) is 0 Å². The number of nitrogens with zero attached hydrogens (tertiary/aromatic N) is 1. The van der Waals surface area contributed by atoms with Crippen molar-refractivity contribution < 1.29 is 24.2 Å². The van der Waals surface area contributed by atoms with Gasteiger partial charge in [0.1, 0.15) is 6.61 Å². The molecule has 0 aliphatic carbocycles. The van der Waals surface area contributed by atoms with E-state index in [1.54, 1.807) is 4.90 Å². The van der Waals surface area contributed by atoms with Crippen molar-refractivity contribution in [3.05, 3.63) is 35.9 Å². The van der Waals surface area contributed by atoms with Crippen molar-refractivity contribution in [2.75, 3.05) is 26.3 Å². The smallest absolute Gasteiger partial charge is 0.410 e. The molecule has 1 aromatic rings. The number of piperidine rings is 1. The fourth-order valence-electron chi connectivity index (χ4n) is 2.77. The minimum Gasteiger partial charge on any atom is -0.466 e. The average Bonchev–Trinajstić information content (AvgIpc) is 2.58. The van der Waals surface area contributed by atoms with E-state index in [2.05, 4.69) is 0 Å². The number of carbonyl (C=O) groups is 2. The number of aliphatic hydroxyl groups is 1. The molecule has 1 saturated heterocycles. The normalized spacial score (nSPS) is 20.9. The lowest BCUT2D eigenvalue weighted by Crippen LogP contribution is -2.46. The van der Waals surface area contributed by atoms with Crippen LogP contribution in [0.25, 0.3) is 0 Å². The first kappa shape index (κ1) is 17.3. The molecule has 0 saturated carbocycles. The van der Waals surface area contributed by atoms with E-state index in [0.29, 0.717) is 13.1 Å². The van der Waals surface area contributed by atoms with Gasteiger partial charge in [0.15, 0.2) is 0 Å². The number of carbonyl (C=O) groups excluding carboxylic acids is 2. The molecule has 1 unspecified atom stereocenters. The first-order valence-electron chi connectivity index (χ1n) is 7.78. The van der Waals surface area contributed by atoms with E-state index in [9.17, 15) is 14.7 Å². The molecule has 1 N–H and O–H groups in total. The average molecular weight is 321 g/mol. The van der Waals surface area contributed by atoms with Gasteiger partial charge in [-0.3, -0.25) is 4.79 Å². The zero-order valence-electron chi connectivity index (χ0n) is 13.3. The van der Waals surface area contributed by atoms with E-state index >= 15 is 0 Å². The van der Waals surface area contributed by atoms with Crippen LogP contribution in [0.2, 0.25) is 0 Å². The molecule has 6 nitrogen and oxygen atoms in total. The first-order chi connectivity index (χ1) is 11.1. The topological polar surface area (TPSA) is 76.1 Å². The van der Waals surface area contributed by atoms with Gasteiger partial charge >= 0.3 is 12.1 Å². The fraction of sp³-hybridized carbons (Fsp3) is 0.529. The highest BCUT2D eigenvalue weighted by molar-refractivity contribution is 5.68. The maximum Gasteiger partial charge on any atom is 0.410 e. The maximum atomic E-state index is 12.2. The van der Waals surface area contributed by atoms with Gasteiger partial charge < -0.3 is 19.5 Å². The second kappa shape index (κ2) is 8.53. The Morgan fingerprint density at radius 1 is 1.17 bits per heavy atom. The molecule has 6 heteroatoms. The Bertz CT molecular complexity index is 519. The second-order valence-corrected chi connectivity index (χ2v) is 5.90. The zero-order chi connectivity index (χ0) is 16.7. The molecule has 0 bridgehead atoms. The van der Waals surface area contributed by atoms with Crippen molar-refractivity contribution in [1.29, 1.82) is 0 Å². The summed E-state index contributed by atoms with van der Waals surface area (Å²) in [7, 11) is 0. The summed E-state index contributed by atoms with van der Waals surface area (Å²) >= 11 is 0. The van der Waals surface area contributed by atoms with Crippen LogP contribution in [0, 0.1) is 11.8 Å². The van der Waals surface area contributed by atoms with E-state index in [4.69, 9.17) is 9.47 Å². The molecule has 126 valence electrons. The van der Waals surface area contributed by atoms with Crippen LogP contribution < -0.4 is 0 Å². The largest absolute Gasteiger partial charge is 0.466 e. The van der Waals surface area contributed by atoms with Gasteiger partial charge in [-0.2, -0.15) is 0 Å². The van der Waals surface area contributed by atoms with Gasteiger partial charge in [0.25, 0.3) is 0 Å². The van der Waals surface area contributed by atoms with Crippen LogP contribution >= 0.6 is 0 Å². The fourth-order valence-corrected chi connectivity index (χ4v) is 2.77. The van der Waals surface area contributed by atoms with Crippen LogP contribution in [0.5, 0.6) is 0 Å². The van der Waals surface area contributed by atoms with Gasteiger partial charge in [-0.15, -0.1) is 0 Å². The molecule has 1 fully saturated rings. The van der Waals surface area contributed by atoms with Crippen molar-refractivity contribution >= 4 is 12.1 Å². The van der Waals surface area contributed by atoms with Crippen LogP contribution in [-0.4, -0.2) is 48.4 Å². The Kier molecular flexibility index (Phi) is 6.40. The van der Waals surface area contributed by atoms with Crippen LogP contribution in [0.15, 0.2) is 30.3 Å². The van der Waals surface area contributed by atoms with Crippen molar-refractivity contribution in [2.24, 2.45) is 11.8 Å². The number of likely N-dealkylation sites (tertiary alicyclic amines) is 1. The number of benzene rings is 1. The minimum absolute atomic E-state index is 0.000956. The van der Waals surface area contributed by atoms with Crippen molar-refractivity contribution in [2.45, 2.75) is 20.0 Å². The van der Waals surface area contributed by atoms with Gasteiger partial charge in [0.05, 0.1) is 6.61 Å². The van der Waals surface area contributed by atoms with E-state index < -0.39 is 6.09 Å². The van der Waals surface area contributed by atoms with Gasteiger partial charge in [-0.1, -0.05) is 30.3 Å². The molecule has 1 heterocycles. The Balaban J connectivity index is 1.88. The summed E-state index contributed by atoms with van der Waals surface area (Å²) in [4.78, 5) is 24.8. The van der Waals surface area contributed by atoms with E-state index in [1.165, 1.54) is 6.92 Å². The lowest BCUT2D eigenvalue weighted by atomic mass is 9.90. The molecule has 1 aliphatic rings. The summed E-state index contributed by atoms with van der Waals surface area (Å²) in [6, 6.07) is 9.47. The molecule has 1 amide bonds. The third-order valence-electron chi connectivity index (χ3n) is 3.87. The number of ether oxygens (including phenoxy) is 2. The third-order valence-corrected chi connectivity index (χ3v) is 3.87. The Morgan fingerprint density at radius 2 is 1.87 bits per heavy atom. The predicted octanol–water partition coefficient (Wildman–Crippen LogP) is 1.82. The van der Waals surface area contributed by atoms with E-state index in [0.717, 1.165) is 12.0 Å². The summed E-state index contributed by atoms with van der Waals surface area (Å²) < 4.78 is 10.4. The molecule has 2 atom stereocenters. The number of hydrogen-bond donors (Lipinski definition) is 1. The van der Waals surface area contributed by atoms with Gasteiger partial charge in [-0.25, -0.2) is 4.79 Å². The van der Waals surface area contributed by atoms with E-state index in [1.807, 2.05) is 30.3 Å². The molecule has 1 aliphatic heterocycles. The molecule has 1 aromatic carbocycles. The predicted molar refractivity (Wildman–Crippen MR) is 83.5 cm³/mol. The Morgan fingerprint density at radius 3 is 2.52 bits per heavy atom. The molecular weight excluding hydrogens is 298 g/mol. The van der Waals surface area contributed by atoms with Crippen LogP contribution in [-0.2, 0) is 20.9 Å². The molecule has 0 spiro atoms. The summed E-state index contributed by atoms with van der Waals surface area (Å²) in [5.74, 6) is -0.336. The molecule has 0 radical (unpaired) electrons. The maximum absolute atomic E-state index is 12.2. The third kappa shape index (κ3) is 5.56. The highest BCUT2D eigenvalue weighted by Gasteiger charge is 2.31. The van der Waals surface area contributed by atoms with Gasteiger partial charge in [0, 0.05) is 38.5 Å². The number of hydrogen-bond acceptors (Lipinski definition) is 5. The summed E-state index contributed by atoms with van der Waals surface area (Å²) in [5.41, 5.74) is 0.924. The van der Waals surface area contributed by atoms with Crippen molar-refractivity contribution in [3.8, 4) is 0 Å². The van der Waals surface area contributed by atoms with Crippen molar-refractivity contribution in [3.63, 3.8) is 0 Å². The molecule has 2 rings (SSSR count). The minimum atomic E-state index is -0.403. The van der Waals surface area contributed by atoms with Crippen LogP contribution in [0.4, 0.5) is 4.79 Å². The Labute approximate surface area is 136 Å². The van der Waals surface area contributed by atoms with Gasteiger partial charge in [-0.05, 0) is 12.0 Å². The first-order valence-corrected chi connectivity index (χ1v) is 7.78. The Hall–Kier alpha value is -2.08. The number of aliphatic hydroxyl groups excluding tert-OH is 1. The molecule has 0 aromatic heterocycles. The zero-order valence-corrected chi connectivity index (χ0v) is 13.3. The standard InChI is InChI=1S/C17H23NO5/c1-13(20)22-12-16-7-15(10-19)8-18(9-16)17(21)23-11-14-5-3-2-4-6-14/h2-6,15-16,19H,7-12H2,1H3/t15-,16?/m1/s1. The number of esters is 1. The quantitative estimate of drug-likeness (QED) is 0.837. The molecular formula is C17H23NO5. The van der Waals surface area contributed by atoms with Crippen LogP contribution in [0.3, 0.4) is 0 Å². The number of amides is 1. The van der Waals surface area contributed by atoms with Crippen LogP contribution in [0.1, 0.15) is 18.9 Å². The monoisotopic (exact) mass is 321 g/mol. The highest BCUT2D eigenvalue weighted by atomic mass is 16.6. The SMILES string of the molecule is CC(=O)OCC1C[C@@H](CO)CN(C(=O)OCc2ccccc2)C1. The van der Waals surface area contributed by atoms with Crippen molar-refractivity contribution in [1.82, 2.24) is 4.90 Å². The summed E-state index contributed by atoms with van der Waals surface area (Å²) in [5, 5.41) is 9.41. The van der Waals surface area contributed by atoms with E-state index in [-0.39, 0.29) is 37.6 Å². The summed E-state index contributed by atoms with van der Waals surface area (Å²) in [6.07, 6.45) is 0.325. The highest BCUT2D eigenvalue weighted by Crippen LogP contribution is 2.23. The lowest BCUT2D eigenvalue weighted by Gasteiger charge is -2.36. The number of rotatable bonds is 5.